The van der Waals surface area contributed by atoms with E-state index in [0.29, 0.717) is 0 Å². The Morgan fingerprint density at radius 2 is 0.867 bits per heavy atom. The molecule has 0 unspecified atom stereocenters. The average Bonchev–Trinajstić information content (AvgIpc) is 2.90. The molecule has 0 aliphatic heterocycles. The first-order valence-corrected chi connectivity index (χ1v) is 16.0. The molecule has 0 aliphatic carbocycles. The van der Waals surface area contributed by atoms with Gasteiger partial charge in [-0.3, -0.25) is 10.2 Å². The smallest absolute Gasteiger partial charge is 0.186 e. The predicted octanol–water partition coefficient (Wildman–Crippen LogP) is 12.2. The lowest BCUT2D eigenvalue weighted by atomic mass is 9.77. The van der Waals surface area contributed by atoms with Crippen LogP contribution >= 0.6 is 0 Å². The molecule has 0 spiro atoms. The largest absolute Gasteiger partial charge is 0.289 e. The summed E-state index contributed by atoms with van der Waals surface area (Å²) in [6.07, 6.45) is 0. The number of hydrogen-bond donors (Lipinski definition) is 0. The second-order valence-corrected chi connectivity index (χ2v) is 16.6. The van der Waals surface area contributed by atoms with Gasteiger partial charge in [0, 0.05) is 33.4 Å². The van der Waals surface area contributed by atoms with E-state index in [9.17, 15) is 10.2 Å². The lowest BCUT2D eigenvalue weighted by molar-refractivity contribution is 0.326. The van der Waals surface area contributed by atoms with E-state index in [1.165, 1.54) is 0 Å². The highest BCUT2D eigenvalue weighted by molar-refractivity contribution is 5.76. The molecule has 0 saturated carbocycles. The van der Waals surface area contributed by atoms with Crippen LogP contribution in [0.1, 0.15) is 122 Å². The molecular weight excluding hydrogens is 548 g/mol. The Bertz CT molecular complexity index is 1730. The summed E-state index contributed by atoms with van der Waals surface area (Å²) in [7, 11) is 0. The van der Waals surface area contributed by atoms with Gasteiger partial charge in [0.2, 0.25) is 0 Å². The van der Waals surface area contributed by atoms with Crippen LogP contribution in [0.5, 0.6) is 11.5 Å². The van der Waals surface area contributed by atoms with Crippen LogP contribution in [0.25, 0.3) is 22.3 Å². The second-order valence-electron chi connectivity index (χ2n) is 16.6. The molecule has 0 amide bonds. The standard InChI is InChI=1S/C43H50O2/c1-27-18-19-28(22-33(27)31-25-36(42(8,9)10)39(45)37(26-31)43(11,12)13)20-21-29-16-14-15-17-32(29)30-23-34(40(2,3)4)38(44)35(24-30)41(5,6)7/h14-19,22-26H,1-13H3. The molecule has 0 saturated heterocycles. The van der Waals surface area contributed by atoms with Crippen molar-refractivity contribution in [1.82, 2.24) is 0 Å². The molecule has 0 bridgehead atoms. The Morgan fingerprint density at radius 1 is 0.467 bits per heavy atom. The molecule has 0 heterocycles. The van der Waals surface area contributed by atoms with E-state index in [1.54, 1.807) is 0 Å². The highest BCUT2D eigenvalue weighted by Gasteiger charge is 2.30. The Kier molecular flexibility index (Phi) is 8.86. The summed E-state index contributed by atoms with van der Waals surface area (Å²) < 4.78 is 0. The van der Waals surface area contributed by atoms with Gasteiger partial charge in [-0.05, 0) is 98.9 Å². The zero-order valence-corrected chi connectivity index (χ0v) is 29.7. The van der Waals surface area contributed by atoms with E-state index in [4.69, 9.17) is 0 Å². The third-order valence-corrected chi connectivity index (χ3v) is 8.54. The third kappa shape index (κ3) is 7.31. The van der Waals surface area contributed by atoms with Crippen LogP contribution in [-0.2, 0) is 31.9 Å². The van der Waals surface area contributed by atoms with Crippen molar-refractivity contribution < 1.29 is 10.2 Å². The molecule has 0 fully saturated rings. The van der Waals surface area contributed by atoms with Crippen LogP contribution in [0.4, 0.5) is 0 Å². The van der Waals surface area contributed by atoms with Crippen LogP contribution in [0.2, 0.25) is 0 Å². The summed E-state index contributed by atoms with van der Waals surface area (Å²) in [6.45, 7) is 27.3. The summed E-state index contributed by atoms with van der Waals surface area (Å²) >= 11 is 0. The van der Waals surface area contributed by atoms with E-state index in [2.05, 4.69) is 150 Å². The topological polar surface area (TPSA) is 39.8 Å². The fourth-order valence-corrected chi connectivity index (χ4v) is 5.79. The van der Waals surface area contributed by atoms with Gasteiger partial charge in [0.15, 0.2) is 11.5 Å². The molecule has 4 aromatic carbocycles. The van der Waals surface area contributed by atoms with Crippen molar-refractivity contribution in [3.8, 4) is 45.6 Å². The van der Waals surface area contributed by atoms with Gasteiger partial charge < -0.3 is 0 Å². The minimum absolute atomic E-state index is 0.128. The lowest BCUT2D eigenvalue weighted by Gasteiger charge is -2.27. The van der Waals surface area contributed by atoms with Gasteiger partial charge in [0.05, 0.1) is 0 Å². The van der Waals surface area contributed by atoms with Gasteiger partial charge >= 0.3 is 0 Å². The SMILES string of the molecule is Cc1ccc(C#Cc2ccccc2-c2cc(C(C)(C)C)c([O])c(C(C)(C)C)c2)cc1-c1cc(C(C)(C)C)c([O])c(C(C)(C)C)c1. The maximum atomic E-state index is 13.5. The molecule has 4 rings (SSSR count). The molecule has 2 radical (unpaired) electrons. The Hall–Kier alpha value is -3.96. The highest BCUT2D eigenvalue weighted by atomic mass is 16.3. The molecule has 2 heteroatoms. The fourth-order valence-electron chi connectivity index (χ4n) is 5.79. The molecular formula is C43H50O2. The van der Waals surface area contributed by atoms with E-state index >= 15 is 0 Å². The summed E-state index contributed by atoms with van der Waals surface area (Å²) in [5.74, 6) is 7.16. The van der Waals surface area contributed by atoms with E-state index in [1.807, 2.05) is 18.2 Å². The molecule has 0 aromatic heterocycles. The Balaban J connectivity index is 1.87. The van der Waals surface area contributed by atoms with Crippen molar-refractivity contribution in [3.05, 3.63) is 106 Å². The van der Waals surface area contributed by atoms with Gasteiger partial charge in [-0.15, -0.1) is 0 Å². The van der Waals surface area contributed by atoms with Crippen molar-refractivity contribution in [2.24, 2.45) is 0 Å². The summed E-state index contributed by atoms with van der Waals surface area (Å²) in [4.78, 5) is 0. The van der Waals surface area contributed by atoms with Crippen molar-refractivity contribution in [1.29, 1.82) is 0 Å². The maximum Gasteiger partial charge on any atom is 0.186 e. The third-order valence-electron chi connectivity index (χ3n) is 8.54. The lowest BCUT2D eigenvalue weighted by Crippen LogP contribution is -2.17. The van der Waals surface area contributed by atoms with Crippen LogP contribution in [-0.4, -0.2) is 0 Å². The van der Waals surface area contributed by atoms with Gasteiger partial charge in [0.25, 0.3) is 0 Å². The number of rotatable bonds is 2. The van der Waals surface area contributed by atoms with Crippen LogP contribution < -0.4 is 0 Å². The first-order chi connectivity index (χ1) is 20.6. The zero-order chi connectivity index (χ0) is 33.7. The molecule has 45 heavy (non-hydrogen) atoms. The molecule has 4 aromatic rings. The quantitative estimate of drug-likeness (QED) is 0.206. The Morgan fingerprint density at radius 3 is 1.29 bits per heavy atom. The minimum atomic E-state index is -0.282. The maximum absolute atomic E-state index is 13.5. The molecule has 0 N–H and O–H groups in total. The van der Waals surface area contributed by atoms with Crippen molar-refractivity contribution in [2.75, 3.05) is 0 Å². The van der Waals surface area contributed by atoms with Gasteiger partial charge in [0.1, 0.15) is 0 Å². The predicted molar refractivity (Wildman–Crippen MR) is 190 cm³/mol. The van der Waals surface area contributed by atoms with E-state index in [0.717, 1.165) is 61.2 Å². The molecule has 0 aliphatic rings. The minimum Gasteiger partial charge on any atom is -0.289 e. The zero-order valence-electron chi connectivity index (χ0n) is 29.7. The molecule has 234 valence electrons. The van der Waals surface area contributed by atoms with E-state index < -0.39 is 0 Å². The second kappa shape index (κ2) is 11.8. The van der Waals surface area contributed by atoms with Crippen LogP contribution in [0.15, 0.2) is 66.7 Å². The van der Waals surface area contributed by atoms with Gasteiger partial charge in [-0.1, -0.05) is 119 Å². The monoisotopic (exact) mass is 598 g/mol. The number of aryl methyl sites for hydroxylation is 1. The normalized spacial score (nSPS) is 12.6. The van der Waals surface area contributed by atoms with Crippen LogP contribution in [0, 0.1) is 18.8 Å². The van der Waals surface area contributed by atoms with Crippen molar-refractivity contribution in [3.63, 3.8) is 0 Å². The van der Waals surface area contributed by atoms with Gasteiger partial charge in [-0.25, -0.2) is 0 Å². The molecule has 2 nitrogen and oxygen atoms in total. The Labute approximate surface area is 272 Å². The first kappa shape index (κ1) is 33.9. The number of benzene rings is 4. The van der Waals surface area contributed by atoms with Crippen LogP contribution in [0.3, 0.4) is 0 Å². The average molecular weight is 599 g/mol. The first-order valence-electron chi connectivity index (χ1n) is 16.0. The van der Waals surface area contributed by atoms with Crippen molar-refractivity contribution in [2.45, 2.75) is 112 Å². The summed E-state index contributed by atoms with van der Waals surface area (Å²) in [5, 5.41) is 27.1. The summed E-state index contributed by atoms with van der Waals surface area (Å²) in [6, 6.07) is 22.8. The highest BCUT2D eigenvalue weighted by Crippen LogP contribution is 2.44. The van der Waals surface area contributed by atoms with Gasteiger partial charge in [-0.2, -0.15) is 0 Å². The number of hydrogen-bond acceptors (Lipinski definition) is 0. The molecule has 0 atom stereocenters. The van der Waals surface area contributed by atoms with Crippen molar-refractivity contribution >= 4 is 0 Å². The fraction of sp³-hybridized carbons (Fsp3) is 0.395. The summed E-state index contributed by atoms with van der Waals surface area (Å²) in [5.41, 5.74) is 9.34. The van der Waals surface area contributed by atoms with E-state index in [-0.39, 0.29) is 33.2 Å².